The molecule has 8 rings (SSSR count). The van der Waals surface area contributed by atoms with Crippen molar-refractivity contribution in [1.82, 2.24) is 0 Å². The van der Waals surface area contributed by atoms with E-state index in [9.17, 15) is 25.9 Å². The Balaban J connectivity index is 1.20. The van der Waals surface area contributed by atoms with Crippen LogP contribution in [0.1, 0.15) is 53.7 Å². The third-order valence-corrected chi connectivity index (χ3v) is 14.6. The fourth-order valence-corrected chi connectivity index (χ4v) is 10.6. The Kier molecular flexibility index (Phi) is 11.7. The number of benzene rings is 4. The number of anilines is 1. The van der Waals surface area contributed by atoms with Gasteiger partial charge < -0.3 is 23.2 Å². The van der Waals surface area contributed by atoms with Crippen molar-refractivity contribution in [3.8, 4) is 26.6 Å². The van der Waals surface area contributed by atoms with Crippen LogP contribution in [-0.4, -0.2) is 32.5 Å². The summed E-state index contributed by atoms with van der Waals surface area (Å²) in [4.78, 5) is 4.01. The lowest BCUT2D eigenvalue weighted by molar-refractivity contribution is -0.678. The predicted octanol–water partition coefficient (Wildman–Crippen LogP) is 10.1. The quantitative estimate of drug-likeness (QED) is 0.0727. The molecule has 14 heteroatoms. The van der Waals surface area contributed by atoms with Gasteiger partial charge in [-0.25, -0.2) is 16.8 Å². The van der Waals surface area contributed by atoms with E-state index in [1.165, 1.54) is 0 Å². The molecule has 2 atom stereocenters. The topological polar surface area (TPSA) is 144 Å². The molecule has 302 valence electrons. The van der Waals surface area contributed by atoms with E-state index in [2.05, 4.69) is 0 Å². The molecule has 7 aromatic rings. The summed E-state index contributed by atoms with van der Waals surface area (Å²) in [6.45, 7) is 2.30. The van der Waals surface area contributed by atoms with Crippen LogP contribution in [0.5, 0.6) is 5.75 Å². The monoisotopic (exact) mass is 863 g/mol. The molecule has 4 heterocycles. The Labute approximate surface area is 351 Å². The fraction of sp³-hybridized carbons (Fsp3) is 0.178. The molecule has 3 aromatic heterocycles. The summed E-state index contributed by atoms with van der Waals surface area (Å²) in [5, 5.41) is 1.45. The molecule has 4 aromatic carbocycles. The molecule has 0 spiro atoms. The molecule has 1 aliphatic heterocycles. The third-order valence-electron chi connectivity index (χ3n) is 10.4. The summed E-state index contributed by atoms with van der Waals surface area (Å²) < 4.78 is 90.7. The van der Waals surface area contributed by atoms with Gasteiger partial charge in [-0.1, -0.05) is 79.7 Å². The lowest BCUT2D eigenvalue weighted by atomic mass is 10.1. The SMILES string of the molecule is CCC(=Cc1oc2ccc(-c3cccs3)cc2[n+]1CCC(c1ccccc1)S(=O)(=O)[O-])C=C1Oc2ccc(-c3cccs3)cc2N1CCC(c1ccccc1)S(=O)(=O)[O-]. The van der Waals surface area contributed by atoms with Crippen LogP contribution in [0.2, 0.25) is 0 Å². The van der Waals surface area contributed by atoms with Gasteiger partial charge in [-0.3, -0.25) is 0 Å². The second-order valence-corrected chi connectivity index (χ2v) is 19.1. The van der Waals surface area contributed by atoms with E-state index in [0.717, 1.165) is 37.7 Å². The van der Waals surface area contributed by atoms with Gasteiger partial charge >= 0.3 is 5.89 Å². The summed E-state index contributed by atoms with van der Waals surface area (Å²) in [5.41, 5.74) is 5.62. The Morgan fingerprint density at radius 3 is 1.92 bits per heavy atom. The van der Waals surface area contributed by atoms with Crippen molar-refractivity contribution in [2.24, 2.45) is 0 Å². The molecule has 0 saturated carbocycles. The first-order chi connectivity index (χ1) is 28.5. The van der Waals surface area contributed by atoms with Crippen molar-refractivity contribution in [3.63, 3.8) is 0 Å². The van der Waals surface area contributed by atoms with E-state index >= 15 is 0 Å². The van der Waals surface area contributed by atoms with Crippen LogP contribution in [0.15, 0.2) is 154 Å². The Morgan fingerprint density at radius 1 is 0.746 bits per heavy atom. The number of fused-ring (bicyclic) bond motifs is 2. The summed E-state index contributed by atoms with van der Waals surface area (Å²) in [7, 11) is -9.42. The van der Waals surface area contributed by atoms with Crippen LogP contribution in [0.3, 0.4) is 0 Å². The van der Waals surface area contributed by atoms with Gasteiger partial charge in [0.1, 0.15) is 20.2 Å². The molecule has 2 unspecified atom stereocenters. The molecular formula is C45H39N2O8S4-. The first-order valence-corrected chi connectivity index (χ1v) is 23.7. The number of thiophene rings is 2. The molecule has 0 bridgehead atoms. The van der Waals surface area contributed by atoms with Crippen LogP contribution in [0.4, 0.5) is 5.69 Å². The van der Waals surface area contributed by atoms with E-state index in [0.29, 0.717) is 40.7 Å². The minimum atomic E-state index is -4.71. The maximum atomic E-state index is 12.6. The van der Waals surface area contributed by atoms with Crippen molar-refractivity contribution >= 4 is 65.8 Å². The number of hydrogen-bond acceptors (Lipinski definition) is 11. The molecule has 10 nitrogen and oxygen atoms in total. The zero-order chi connectivity index (χ0) is 41.1. The molecule has 1 aliphatic rings. The second-order valence-electron chi connectivity index (χ2n) is 14.1. The number of allylic oxidation sites excluding steroid dienone is 2. The maximum Gasteiger partial charge on any atom is 0.374 e. The average molecular weight is 864 g/mol. The molecule has 0 fully saturated rings. The largest absolute Gasteiger partial charge is 0.747 e. The van der Waals surface area contributed by atoms with E-state index < -0.39 is 30.7 Å². The van der Waals surface area contributed by atoms with Gasteiger partial charge in [-0.2, -0.15) is 4.57 Å². The smallest absolute Gasteiger partial charge is 0.374 e. The Hall–Kier alpha value is -5.35. The van der Waals surface area contributed by atoms with Gasteiger partial charge in [-0.05, 0) is 93.9 Å². The van der Waals surface area contributed by atoms with Gasteiger partial charge in [0, 0.05) is 34.9 Å². The number of nitrogens with zero attached hydrogens (tertiary/aromatic N) is 2. The predicted molar refractivity (Wildman–Crippen MR) is 231 cm³/mol. The minimum absolute atomic E-state index is 0.00569. The highest BCUT2D eigenvalue weighted by atomic mass is 32.2. The van der Waals surface area contributed by atoms with Gasteiger partial charge in [0.05, 0.1) is 22.3 Å². The molecule has 0 aliphatic carbocycles. The highest BCUT2D eigenvalue weighted by Gasteiger charge is 2.31. The van der Waals surface area contributed by atoms with Crippen LogP contribution < -0.4 is 14.2 Å². The van der Waals surface area contributed by atoms with Crippen molar-refractivity contribution in [2.45, 2.75) is 43.2 Å². The normalized spacial score (nSPS) is 15.1. The number of oxazole rings is 1. The summed E-state index contributed by atoms with van der Waals surface area (Å²) in [5.74, 6) is 1.46. The number of aryl methyl sites for hydroxylation is 1. The highest BCUT2D eigenvalue weighted by molar-refractivity contribution is 7.86. The van der Waals surface area contributed by atoms with Crippen LogP contribution in [-0.2, 0) is 26.8 Å². The number of hydrogen-bond donors (Lipinski definition) is 0. The number of aromatic nitrogens is 1. The fourth-order valence-electron chi connectivity index (χ4n) is 7.42. The Morgan fingerprint density at radius 2 is 1.34 bits per heavy atom. The number of rotatable bonds is 15. The van der Waals surface area contributed by atoms with Crippen LogP contribution in [0, 0.1) is 0 Å². The van der Waals surface area contributed by atoms with Crippen LogP contribution >= 0.6 is 22.7 Å². The lowest BCUT2D eigenvalue weighted by Crippen LogP contribution is -2.37. The van der Waals surface area contributed by atoms with Crippen molar-refractivity contribution in [3.05, 3.63) is 167 Å². The van der Waals surface area contributed by atoms with Gasteiger partial charge in [0.2, 0.25) is 11.5 Å². The molecule has 0 radical (unpaired) electrons. The second kappa shape index (κ2) is 17.1. The average Bonchev–Trinajstić information content (AvgIpc) is 4.05. The lowest BCUT2D eigenvalue weighted by Gasteiger charge is -2.25. The molecule has 0 N–H and O–H groups in total. The Bertz CT molecular complexity index is 2850. The molecule has 0 amide bonds. The van der Waals surface area contributed by atoms with Crippen LogP contribution in [0.25, 0.3) is 38.1 Å². The minimum Gasteiger partial charge on any atom is -0.747 e. The maximum absolute atomic E-state index is 12.6. The third kappa shape index (κ3) is 8.98. The summed E-state index contributed by atoms with van der Waals surface area (Å²) in [6, 6.07) is 36.8. The summed E-state index contributed by atoms with van der Waals surface area (Å²) >= 11 is 3.20. The van der Waals surface area contributed by atoms with Gasteiger partial charge in [0.25, 0.3) is 5.52 Å². The van der Waals surface area contributed by atoms with Gasteiger partial charge in [-0.15, -0.1) is 22.7 Å². The van der Waals surface area contributed by atoms with Gasteiger partial charge in [0.15, 0.2) is 12.3 Å². The number of ether oxygens (including phenoxy) is 1. The zero-order valence-corrected chi connectivity index (χ0v) is 35.1. The van der Waals surface area contributed by atoms with Crippen molar-refractivity contribution in [1.29, 1.82) is 0 Å². The zero-order valence-electron chi connectivity index (χ0n) is 31.8. The highest BCUT2D eigenvalue weighted by Crippen LogP contribution is 2.44. The van der Waals surface area contributed by atoms with E-state index in [1.54, 1.807) is 83.3 Å². The summed E-state index contributed by atoms with van der Waals surface area (Å²) in [6.07, 6.45) is 4.28. The first-order valence-electron chi connectivity index (χ1n) is 19.0. The van der Waals surface area contributed by atoms with E-state index in [4.69, 9.17) is 9.15 Å². The standard InChI is InChI=1S/C45H40N2O8S4/c1-2-31(27-44-46(23-21-42(58(48,49)50)32-11-5-3-6-12-32)36-29-34(17-19-38(36)54-44)40-15-9-25-56-40)28-45-47(24-22-43(59(51,52)53)33-13-7-4-8-14-33)37-30-35(18-20-39(37)55-45)41-16-10-26-57-41/h3-20,25-30,42-43H,2,21-24H2,1H3,(H-,48,49,50,51,52,53)/p-1. The van der Waals surface area contributed by atoms with E-state index in [1.807, 2.05) is 100.0 Å². The molecule has 0 saturated heterocycles. The first kappa shape index (κ1) is 40.4. The van der Waals surface area contributed by atoms with Crippen molar-refractivity contribution < 1.29 is 39.7 Å². The van der Waals surface area contributed by atoms with E-state index in [-0.39, 0.29) is 25.9 Å². The molecular weight excluding hydrogens is 825 g/mol. The molecule has 59 heavy (non-hydrogen) atoms. The van der Waals surface area contributed by atoms with Crippen molar-refractivity contribution in [2.75, 3.05) is 11.4 Å².